The summed E-state index contributed by atoms with van der Waals surface area (Å²) in [5.41, 5.74) is 0.249. The summed E-state index contributed by atoms with van der Waals surface area (Å²) in [5.74, 6) is 0. The smallest absolute Gasteiger partial charge is 0.283 e. The van der Waals surface area contributed by atoms with Crippen molar-refractivity contribution in [1.29, 1.82) is 0 Å². The van der Waals surface area contributed by atoms with E-state index in [2.05, 4.69) is 17.4 Å². The maximum Gasteiger partial charge on any atom is 0.283 e. The van der Waals surface area contributed by atoms with Gasteiger partial charge in [-0.2, -0.15) is 8.78 Å². The molecule has 1 aliphatic heterocycles. The van der Waals surface area contributed by atoms with E-state index in [1.807, 2.05) is 37.8 Å². The van der Waals surface area contributed by atoms with Gasteiger partial charge in [0.25, 0.3) is 5.66 Å². The lowest BCUT2D eigenvalue weighted by atomic mass is 10.0. The second kappa shape index (κ2) is 11.8. The Morgan fingerprint density at radius 1 is 1.03 bits per heavy atom. The van der Waals surface area contributed by atoms with E-state index in [1.165, 1.54) is 17.7 Å². The van der Waals surface area contributed by atoms with Crippen LogP contribution in [-0.4, -0.2) is 43.2 Å². The minimum Gasteiger partial charge on any atom is -0.379 e. The van der Waals surface area contributed by atoms with Crippen LogP contribution in [0.3, 0.4) is 0 Å². The third-order valence-electron chi connectivity index (χ3n) is 5.44. The first-order chi connectivity index (χ1) is 15.0. The van der Waals surface area contributed by atoms with Crippen LogP contribution in [0.25, 0.3) is 11.1 Å². The first-order valence-corrected chi connectivity index (χ1v) is 11.4. The number of hydrogen-bond donors (Lipinski definition) is 1. The molecular formula is C25H35F2N2O2P. The van der Waals surface area contributed by atoms with Crippen LogP contribution in [0.5, 0.6) is 0 Å². The van der Waals surface area contributed by atoms with Crippen molar-refractivity contribution in [2.24, 2.45) is 0 Å². The van der Waals surface area contributed by atoms with Gasteiger partial charge in [-0.1, -0.05) is 57.8 Å². The highest BCUT2D eigenvalue weighted by molar-refractivity contribution is 7.17. The van der Waals surface area contributed by atoms with Crippen molar-refractivity contribution in [3.05, 3.63) is 59.7 Å². The molecule has 0 saturated carbocycles. The van der Waals surface area contributed by atoms with E-state index in [0.29, 0.717) is 6.04 Å². The quantitative estimate of drug-likeness (QED) is 0.459. The topological polar surface area (TPSA) is 41.6 Å². The average molecular weight is 465 g/mol. The monoisotopic (exact) mass is 464 g/mol. The summed E-state index contributed by atoms with van der Waals surface area (Å²) in [7, 11) is 3.27. The molecule has 0 spiro atoms. The number of hydrogen-bond acceptors (Lipinski definition) is 3. The number of rotatable bonds is 6. The van der Waals surface area contributed by atoms with E-state index in [4.69, 9.17) is 4.74 Å². The summed E-state index contributed by atoms with van der Waals surface area (Å²) < 4.78 is 31.5. The first-order valence-electron chi connectivity index (χ1n) is 10.9. The summed E-state index contributed by atoms with van der Waals surface area (Å²) in [6.45, 7) is 8.47. The largest absolute Gasteiger partial charge is 0.379 e. The number of likely N-dealkylation sites (tertiary alicyclic amines) is 1. The van der Waals surface area contributed by atoms with Crippen molar-refractivity contribution in [1.82, 2.24) is 10.2 Å². The predicted molar refractivity (Wildman–Crippen MR) is 130 cm³/mol. The van der Waals surface area contributed by atoms with Crippen LogP contribution in [0.2, 0.25) is 0 Å². The molecule has 1 N–H and O–H groups in total. The average Bonchev–Trinajstić information content (AvgIpc) is 2.78. The van der Waals surface area contributed by atoms with Crippen LogP contribution < -0.4 is 5.32 Å². The van der Waals surface area contributed by atoms with Crippen molar-refractivity contribution in [3.8, 4) is 11.1 Å². The maximum absolute atomic E-state index is 13.3. The zero-order valence-electron chi connectivity index (χ0n) is 19.4. The number of ether oxygens (including phenoxy) is 1. The summed E-state index contributed by atoms with van der Waals surface area (Å²) in [6.07, 6.45) is 2.87. The molecule has 2 aromatic rings. The van der Waals surface area contributed by atoms with Gasteiger partial charge in [-0.25, -0.2) is 0 Å². The minimum atomic E-state index is -2.89. The Labute approximate surface area is 192 Å². The molecule has 32 heavy (non-hydrogen) atoms. The van der Waals surface area contributed by atoms with E-state index in [0.717, 1.165) is 50.0 Å². The number of carbonyl (C=O) groups is 1. The van der Waals surface area contributed by atoms with Crippen LogP contribution >= 0.6 is 9.24 Å². The third-order valence-corrected chi connectivity index (χ3v) is 5.78. The van der Waals surface area contributed by atoms with Gasteiger partial charge in [0.15, 0.2) is 0 Å². The fourth-order valence-corrected chi connectivity index (χ4v) is 3.36. The van der Waals surface area contributed by atoms with Crippen molar-refractivity contribution in [3.63, 3.8) is 0 Å². The van der Waals surface area contributed by atoms with E-state index in [1.54, 1.807) is 28.5 Å². The lowest BCUT2D eigenvalue weighted by Gasteiger charge is -2.29. The number of carbonyl (C=O) groups excluding carboxylic acids is 1. The SMILES string of the molecule is COC(C)(C)C.O=CN1CCC(NCc2ccc(-c3ccc(C(F)(F)P)cc3)cc2)CC1. The highest BCUT2D eigenvalue weighted by atomic mass is 31.0. The first kappa shape index (κ1) is 26.4. The van der Waals surface area contributed by atoms with Gasteiger partial charge in [-0.05, 0) is 50.3 Å². The molecule has 1 unspecified atom stereocenters. The van der Waals surface area contributed by atoms with Crippen molar-refractivity contribution >= 4 is 15.6 Å². The number of benzene rings is 2. The van der Waals surface area contributed by atoms with Gasteiger partial charge in [0.1, 0.15) is 0 Å². The second-order valence-electron chi connectivity index (χ2n) is 9.01. The van der Waals surface area contributed by atoms with Gasteiger partial charge in [-0.3, -0.25) is 4.79 Å². The van der Waals surface area contributed by atoms with E-state index in [-0.39, 0.29) is 11.2 Å². The van der Waals surface area contributed by atoms with Crippen molar-refractivity contribution < 1.29 is 18.3 Å². The molecule has 1 amide bonds. The number of amides is 1. The molecule has 2 aromatic carbocycles. The Hall–Kier alpha value is -1.88. The van der Waals surface area contributed by atoms with Gasteiger partial charge < -0.3 is 15.0 Å². The molecule has 0 radical (unpaired) electrons. The van der Waals surface area contributed by atoms with Crippen molar-refractivity contribution in [2.45, 2.75) is 57.5 Å². The molecular weight excluding hydrogens is 429 g/mol. The molecule has 1 fully saturated rings. The van der Waals surface area contributed by atoms with Crippen LogP contribution in [0.15, 0.2) is 48.5 Å². The highest BCUT2D eigenvalue weighted by Gasteiger charge is 2.23. The molecule has 0 aliphatic carbocycles. The molecule has 176 valence electrons. The second-order valence-corrected chi connectivity index (χ2v) is 9.74. The fraction of sp³-hybridized carbons (Fsp3) is 0.480. The molecule has 3 rings (SSSR count). The Morgan fingerprint density at radius 2 is 1.50 bits per heavy atom. The van der Waals surface area contributed by atoms with Gasteiger partial charge in [-0.15, -0.1) is 0 Å². The highest BCUT2D eigenvalue weighted by Crippen LogP contribution is 2.35. The summed E-state index contributed by atoms with van der Waals surface area (Å²) in [6, 6.07) is 14.9. The predicted octanol–water partition coefficient (Wildman–Crippen LogP) is 5.42. The molecule has 1 aliphatic rings. The van der Waals surface area contributed by atoms with Gasteiger partial charge >= 0.3 is 0 Å². The standard InChI is InChI=1S/C20H23F2N2OP.C5H12O/c21-20(22,26)18-7-5-17(6-8-18)16-3-1-15(2-4-16)13-23-19-9-11-24(14-25)12-10-19;1-5(2,3)6-4/h1-8,14,19,23H,9-13,26H2;1-4H3. The Bertz CT molecular complexity index is 823. The fourth-order valence-electron chi connectivity index (χ4n) is 3.17. The zero-order chi connectivity index (χ0) is 23.8. The number of nitrogens with one attached hydrogen (secondary N) is 1. The summed E-state index contributed by atoms with van der Waals surface area (Å²) >= 11 is 0. The Morgan fingerprint density at radius 3 is 1.91 bits per heavy atom. The van der Waals surface area contributed by atoms with Crippen LogP contribution in [0, 0.1) is 0 Å². The van der Waals surface area contributed by atoms with Gasteiger partial charge in [0.2, 0.25) is 6.41 Å². The molecule has 1 heterocycles. The molecule has 0 aromatic heterocycles. The number of alkyl halides is 2. The van der Waals surface area contributed by atoms with Crippen LogP contribution in [0.1, 0.15) is 44.7 Å². The van der Waals surface area contributed by atoms with E-state index in [9.17, 15) is 13.6 Å². The van der Waals surface area contributed by atoms with E-state index >= 15 is 0 Å². The Kier molecular flexibility index (Phi) is 9.75. The molecule has 7 heteroatoms. The van der Waals surface area contributed by atoms with Crippen molar-refractivity contribution in [2.75, 3.05) is 20.2 Å². The zero-order valence-corrected chi connectivity index (χ0v) is 20.6. The minimum absolute atomic E-state index is 0.00676. The number of halogens is 2. The Balaban J connectivity index is 0.000000534. The molecule has 1 atom stereocenters. The molecule has 1 saturated heterocycles. The number of piperidine rings is 1. The molecule has 4 nitrogen and oxygen atoms in total. The maximum atomic E-state index is 13.3. The lowest BCUT2D eigenvalue weighted by molar-refractivity contribution is -0.119. The van der Waals surface area contributed by atoms with Gasteiger partial charge in [0.05, 0.1) is 5.60 Å². The molecule has 0 bridgehead atoms. The van der Waals surface area contributed by atoms with Gasteiger partial charge in [0, 0.05) is 38.3 Å². The number of methoxy groups -OCH3 is 1. The number of nitrogens with zero attached hydrogens (tertiary/aromatic N) is 1. The lowest BCUT2D eigenvalue weighted by Crippen LogP contribution is -2.41. The van der Waals surface area contributed by atoms with E-state index < -0.39 is 5.66 Å². The van der Waals surface area contributed by atoms with Crippen LogP contribution in [-0.2, 0) is 21.7 Å². The van der Waals surface area contributed by atoms with Crippen LogP contribution in [0.4, 0.5) is 8.78 Å². The normalized spacial score (nSPS) is 15.2. The summed E-state index contributed by atoms with van der Waals surface area (Å²) in [4.78, 5) is 12.5. The third kappa shape index (κ3) is 8.93. The summed E-state index contributed by atoms with van der Waals surface area (Å²) in [5, 5.41) is 3.54.